The van der Waals surface area contributed by atoms with Crippen molar-refractivity contribution in [3.05, 3.63) is 284 Å². The number of unbranched alkanes of at least 4 members (excludes halogenated alkanes) is 2. The summed E-state index contributed by atoms with van der Waals surface area (Å²) in [5.41, 5.74) is 4.98. The number of phenols is 2. The number of methoxy groups -OCH3 is 4. The summed E-state index contributed by atoms with van der Waals surface area (Å²) in [5.74, 6) is -1.28. The zero-order chi connectivity index (χ0) is 88.0. The van der Waals surface area contributed by atoms with Gasteiger partial charge < -0.3 is 62.6 Å². The Morgan fingerprint density at radius 1 is 0.421 bits per heavy atom. The number of nitrogens with zero attached hydrogens (tertiary/aromatic N) is 6. The number of hydrogen-bond donors (Lipinski definition) is 2. The Balaban J connectivity index is 0.000000341. The summed E-state index contributed by atoms with van der Waals surface area (Å²) < 4.78 is 47.4. The van der Waals surface area contributed by atoms with Gasteiger partial charge in [-0.1, -0.05) is 111 Å². The van der Waals surface area contributed by atoms with Gasteiger partial charge in [-0.2, -0.15) is 10.5 Å². The van der Waals surface area contributed by atoms with E-state index in [1.807, 2.05) is 139 Å². The maximum absolute atomic E-state index is 12.9. The average molecular weight is 1690 g/mol. The van der Waals surface area contributed by atoms with Crippen molar-refractivity contribution in [3.8, 4) is 35.1 Å². The van der Waals surface area contributed by atoms with Gasteiger partial charge in [-0.3, -0.25) is 28.8 Å². The highest BCUT2D eigenvalue weighted by Crippen LogP contribution is 2.40. The van der Waals surface area contributed by atoms with Crippen LogP contribution >= 0.6 is 23.2 Å². The molecule has 2 aliphatic rings. The number of benzene rings is 6. The predicted molar refractivity (Wildman–Crippen MR) is 456 cm³/mol. The number of rotatable bonds is 40. The minimum atomic E-state index is -0.717. The highest BCUT2D eigenvalue weighted by molar-refractivity contribution is 6.63. The molecule has 0 saturated carbocycles. The maximum atomic E-state index is 12.9. The van der Waals surface area contributed by atoms with Crippen LogP contribution < -0.4 is 30.3 Å². The molecule has 0 fully saturated rings. The number of ether oxygens (including phenoxy) is 9. The number of carbonyl (C=O) groups excluding carboxylic acids is 8. The molecule has 0 saturated heterocycles. The van der Waals surface area contributed by atoms with Crippen LogP contribution in [0.4, 0.5) is 0 Å². The van der Waals surface area contributed by atoms with Crippen LogP contribution in [-0.2, 0) is 82.3 Å². The minimum absolute atomic E-state index is 0.0993. The second-order valence-corrected chi connectivity index (χ2v) is 28.5. The molecule has 1 atom stereocenters. The molecule has 0 amide bonds. The molecule has 0 radical (unpaired) electrons. The van der Waals surface area contributed by atoms with E-state index in [9.17, 15) is 59.1 Å². The monoisotopic (exact) mass is 1680 g/mol. The van der Waals surface area contributed by atoms with Gasteiger partial charge in [-0.05, 0) is 201 Å². The first-order valence-electron chi connectivity index (χ1n) is 38.9. The topological polar surface area (TPSA) is 323 Å². The van der Waals surface area contributed by atoms with Gasteiger partial charge in [-0.25, -0.2) is 19.3 Å². The fourth-order valence-corrected chi connectivity index (χ4v) is 12.5. The number of hydrogen-bond acceptors (Lipinski definition) is 23. The summed E-state index contributed by atoms with van der Waals surface area (Å²) in [5, 5.41) is 39.5. The lowest BCUT2D eigenvalue weighted by Crippen LogP contribution is -2.25. The quantitative estimate of drug-likeness (QED) is 0.00901. The standard InChI is InChI=1S/C48H51N3O10.C40H39N3O7.C6H8Cl2O2/c1-48(38-15-19-40(56-3)20-16-38,39-17-21-41(22-18-39)61-46(54)10-7-6-9-44(52)57-4)26-23-45(53)60-31-8-30-59-32-29-51-27-24-35(25-28-51)33-43(50-2)37-13-11-36(12-14-37)42(34-49)47(55)58-5;1-40(32-9-13-34(44)14-10-32,33-11-15-35(45)16-12-33)20-17-38(46)50-25-4-24-49-26-23-43-21-18-29(19-22-43)27-37(42-2)31-7-5-30(6-8-31)36(28-41)39(47)48-3;7-5(9)3-1-2-4-6(8)10/h11-22,24-25,27-28,33H,6-10,23,26,29-32H2,1,3-5H3;5-16,18-19,21-22,27,44-45H,4,17,20,23-26H2,1,3H3;1-4H2. The summed E-state index contributed by atoms with van der Waals surface area (Å²) >= 11 is 10.1. The lowest BCUT2D eigenvalue weighted by Gasteiger charge is -2.31. The van der Waals surface area contributed by atoms with Crippen LogP contribution in [0.25, 0.3) is 32.2 Å². The Hall–Kier alpha value is -13.1. The first-order valence-corrected chi connectivity index (χ1v) is 39.6. The Bertz CT molecular complexity index is 5060. The summed E-state index contributed by atoms with van der Waals surface area (Å²) in [4.78, 5) is 104. The lowest BCUT2D eigenvalue weighted by molar-refractivity contribution is -0.145. The van der Waals surface area contributed by atoms with E-state index in [0.717, 1.165) is 33.4 Å². The van der Waals surface area contributed by atoms with Crippen molar-refractivity contribution in [1.29, 1.82) is 10.5 Å². The molecule has 632 valence electrons. The lowest BCUT2D eigenvalue weighted by atomic mass is 9.73. The zero-order valence-corrected chi connectivity index (χ0v) is 70.0. The van der Waals surface area contributed by atoms with Crippen LogP contribution in [0.2, 0.25) is 0 Å². The van der Waals surface area contributed by atoms with Gasteiger partial charge in [-0.15, -0.1) is 0 Å². The summed E-state index contributed by atoms with van der Waals surface area (Å²) in [6.45, 7) is 22.9. The Morgan fingerprint density at radius 2 is 0.760 bits per heavy atom. The second-order valence-electron chi connectivity index (χ2n) is 27.7. The molecule has 2 N–H and O–H groups in total. The number of nitriles is 2. The number of allylic oxidation sites excluding steroid dienone is 6. The SMILES string of the molecule is O=C(Cl)CCCCC(=O)Cl.[C-]#[N+]C(C=C1C=CN(CCOCCCOC(=O)CCC(C)(c2ccc(O)cc2)c2ccc(O)cc2)C=C1)=c1ccc(=C(C#N)C(=O)OC)cc1.[C-]#[N+]C(C=C1C=CN(CCOCCCOC(=O)CCC(C)(c2ccc(OC)cc2)c2ccc(OC(=O)CCCCC(=O)OC)cc2)C=C1)=c1ccc(=C(C#N)C(=O)OC)cc1. The maximum Gasteiger partial charge on any atom is 0.349 e. The van der Waals surface area contributed by atoms with Crippen molar-refractivity contribution in [2.75, 3.05) is 81.2 Å². The highest BCUT2D eigenvalue weighted by Gasteiger charge is 2.32. The van der Waals surface area contributed by atoms with E-state index in [-0.39, 0.29) is 95.9 Å². The van der Waals surface area contributed by atoms with E-state index >= 15 is 0 Å². The van der Waals surface area contributed by atoms with E-state index in [1.165, 1.54) is 21.3 Å². The van der Waals surface area contributed by atoms with Crippen LogP contribution in [0.1, 0.15) is 126 Å². The zero-order valence-electron chi connectivity index (χ0n) is 68.5. The third kappa shape index (κ3) is 32.9. The smallest absolute Gasteiger partial charge is 0.349 e. The molecule has 2 aliphatic heterocycles. The molecule has 2 heterocycles. The van der Waals surface area contributed by atoms with Crippen molar-refractivity contribution >= 4 is 92.0 Å². The second kappa shape index (κ2) is 51.9. The number of aromatic hydroxyl groups is 2. The van der Waals surface area contributed by atoms with Crippen LogP contribution in [0.3, 0.4) is 0 Å². The summed E-state index contributed by atoms with van der Waals surface area (Å²) in [7, 11) is 5.37. The van der Waals surface area contributed by atoms with Crippen molar-refractivity contribution in [2.45, 2.75) is 115 Å². The fraction of sp³-hybridized carbons (Fsp3) is 0.319. The van der Waals surface area contributed by atoms with Gasteiger partial charge >= 0.3 is 35.8 Å². The number of halogens is 2. The minimum Gasteiger partial charge on any atom is -0.508 e. The first kappa shape index (κ1) is 96.7. The molecule has 0 bridgehead atoms. The third-order valence-electron chi connectivity index (χ3n) is 19.4. The molecular formula is C94H98Cl2N6O19. The molecule has 0 spiro atoms. The number of phenolic OH excluding ortho intramolecular Hbond substituents is 2. The number of esters is 6. The van der Waals surface area contributed by atoms with Gasteiger partial charge in [0, 0.05) is 113 Å². The summed E-state index contributed by atoms with van der Waals surface area (Å²) in [6.07, 6.45) is 24.5. The van der Waals surface area contributed by atoms with Crippen molar-refractivity contribution in [3.63, 3.8) is 0 Å². The third-order valence-corrected chi connectivity index (χ3v) is 19.7. The molecule has 6 aromatic rings. The highest BCUT2D eigenvalue weighted by atomic mass is 35.5. The van der Waals surface area contributed by atoms with E-state index < -0.39 is 22.8 Å². The Labute approximate surface area is 714 Å². The van der Waals surface area contributed by atoms with Crippen LogP contribution in [0.15, 0.2) is 218 Å². The predicted octanol–water partition coefficient (Wildman–Crippen LogP) is 13.3. The van der Waals surface area contributed by atoms with Gasteiger partial charge in [0.25, 0.3) is 0 Å². The average Bonchev–Trinajstić information content (AvgIpc) is 0.792. The van der Waals surface area contributed by atoms with Gasteiger partial charge in [0.15, 0.2) is 11.4 Å². The van der Waals surface area contributed by atoms with E-state index in [2.05, 4.69) is 30.8 Å². The molecule has 8 rings (SSSR count). The molecule has 1 unspecified atom stereocenters. The molecule has 27 heteroatoms. The summed E-state index contributed by atoms with van der Waals surface area (Å²) in [6, 6.07) is 45.8. The molecule has 121 heavy (non-hydrogen) atoms. The molecule has 0 aliphatic carbocycles. The van der Waals surface area contributed by atoms with E-state index in [0.29, 0.717) is 147 Å². The van der Waals surface area contributed by atoms with Gasteiger partial charge in [0.05, 0.1) is 68.0 Å². The Morgan fingerprint density at radius 3 is 1.09 bits per heavy atom. The fourth-order valence-electron chi connectivity index (χ4n) is 12.2. The molecular weight excluding hydrogens is 1590 g/mol. The first-order chi connectivity index (χ1) is 58.3. The Kier molecular flexibility index (Phi) is 41.5. The van der Waals surface area contributed by atoms with E-state index in [1.54, 1.807) is 104 Å². The van der Waals surface area contributed by atoms with Crippen molar-refractivity contribution in [2.24, 2.45) is 0 Å². The van der Waals surface area contributed by atoms with E-state index in [4.69, 9.17) is 64.8 Å². The van der Waals surface area contributed by atoms with Gasteiger partial charge in [0.2, 0.25) is 10.5 Å². The normalized spacial score (nSPS) is 12.1. The van der Waals surface area contributed by atoms with Crippen LogP contribution in [0, 0.1) is 35.8 Å². The van der Waals surface area contributed by atoms with Crippen molar-refractivity contribution < 1.29 is 91.2 Å². The largest absolute Gasteiger partial charge is 0.508 e. The molecule has 25 nitrogen and oxygen atoms in total. The van der Waals surface area contributed by atoms with Crippen molar-refractivity contribution in [1.82, 2.24) is 9.80 Å². The number of carbonyl (C=O) groups is 8. The molecule has 6 aromatic carbocycles. The molecule has 0 aromatic heterocycles. The van der Waals surface area contributed by atoms with Gasteiger partial charge in [0.1, 0.15) is 46.3 Å². The van der Waals surface area contributed by atoms with Crippen LogP contribution in [0.5, 0.6) is 23.0 Å². The van der Waals surface area contributed by atoms with Crippen LogP contribution in [-0.4, -0.2) is 147 Å².